The van der Waals surface area contributed by atoms with Gasteiger partial charge in [-0.05, 0) is 30.2 Å². The van der Waals surface area contributed by atoms with E-state index in [1.54, 1.807) is 0 Å². The molecule has 1 aromatic rings. The van der Waals surface area contributed by atoms with Crippen LogP contribution in [0.1, 0.15) is 52.0 Å². The lowest BCUT2D eigenvalue weighted by Crippen LogP contribution is -2.51. The molecule has 20 heavy (non-hydrogen) atoms. The van der Waals surface area contributed by atoms with Gasteiger partial charge in [0.1, 0.15) is 0 Å². The highest BCUT2D eigenvalue weighted by Crippen LogP contribution is 2.48. The number of halogens is 3. The zero-order valence-corrected chi connectivity index (χ0v) is 12.3. The van der Waals surface area contributed by atoms with Crippen LogP contribution in [0.3, 0.4) is 0 Å². The molecule has 0 radical (unpaired) electrons. The van der Waals surface area contributed by atoms with Crippen molar-refractivity contribution in [2.45, 2.75) is 52.0 Å². The van der Waals surface area contributed by atoms with Crippen molar-refractivity contribution in [2.24, 2.45) is 17.1 Å². The number of hydrogen-bond donors (Lipinski definition) is 1. The van der Waals surface area contributed by atoms with Gasteiger partial charge in [0.15, 0.2) is 17.5 Å². The molecule has 0 aliphatic heterocycles. The van der Waals surface area contributed by atoms with E-state index in [2.05, 4.69) is 20.8 Å². The average molecular weight is 285 g/mol. The summed E-state index contributed by atoms with van der Waals surface area (Å²) >= 11 is 0. The van der Waals surface area contributed by atoms with Gasteiger partial charge in [0, 0.05) is 11.1 Å². The van der Waals surface area contributed by atoms with Crippen molar-refractivity contribution in [1.82, 2.24) is 0 Å². The van der Waals surface area contributed by atoms with E-state index in [0.717, 1.165) is 25.3 Å². The Bertz CT molecular complexity index is 507. The first-order valence-electron chi connectivity index (χ1n) is 7.11. The molecule has 0 bridgehead atoms. The number of nitrogens with two attached hydrogens (primary N) is 1. The van der Waals surface area contributed by atoms with Crippen molar-refractivity contribution in [1.29, 1.82) is 0 Å². The second-order valence-corrected chi connectivity index (χ2v) is 6.93. The molecular weight excluding hydrogens is 263 g/mol. The molecule has 1 saturated carbocycles. The Morgan fingerprint density at radius 1 is 1.10 bits per heavy atom. The van der Waals surface area contributed by atoms with Crippen LogP contribution in [0, 0.1) is 28.8 Å². The molecule has 1 aliphatic carbocycles. The van der Waals surface area contributed by atoms with E-state index in [1.807, 2.05) is 0 Å². The van der Waals surface area contributed by atoms with Crippen LogP contribution in [0.25, 0.3) is 0 Å². The molecule has 0 saturated heterocycles. The Hall–Kier alpha value is -1.03. The third-order valence-electron chi connectivity index (χ3n) is 4.54. The minimum Gasteiger partial charge on any atom is -0.321 e. The quantitative estimate of drug-likeness (QED) is 0.756. The Kier molecular flexibility index (Phi) is 3.89. The van der Waals surface area contributed by atoms with Gasteiger partial charge < -0.3 is 5.73 Å². The van der Waals surface area contributed by atoms with Gasteiger partial charge >= 0.3 is 0 Å². The van der Waals surface area contributed by atoms with Crippen LogP contribution >= 0.6 is 0 Å². The largest absolute Gasteiger partial charge is 0.321 e. The maximum atomic E-state index is 14.2. The van der Waals surface area contributed by atoms with E-state index in [9.17, 15) is 13.2 Å². The van der Waals surface area contributed by atoms with Gasteiger partial charge in [-0.3, -0.25) is 0 Å². The predicted molar refractivity (Wildman–Crippen MR) is 73.6 cm³/mol. The van der Waals surface area contributed by atoms with E-state index in [4.69, 9.17) is 5.73 Å². The zero-order valence-electron chi connectivity index (χ0n) is 12.3. The number of rotatable bonds is 1. The average Bonchev–Trinajstić information content (AvgIpc) is 2.35. The number of hydrogen-bond acceptors (Lipinski definition) is 1. The summed E-state index contributed by atoms with van der Waals surface area (Å²) in [4.78, 5) is 0. The maximum absolute atomic E-state index is 14.2. The predicted octanol–water partition coefficient (Wildman–Crippen LogP) is 4.49. The van der Waals surface area contributed by atoms with Crippen LogP contribution in [0.2, 0.25) is 0 Å². The summed E-state index contributed by atoms with van der Waals surface area (Å²) in [6.07, 6.45) is 3.38. The van der Waals surface area contributed by atoms with Crippen molar-refractivity contribution < 1.29 is 13.2 Å². The maximum Gasteiger partial charge on any atom is 0.194 e. The molecule has 0 heterocycles. The van der Waals surface area contributed by atoms with Crippen LogP contribution in [-0.2, 0) is 5.54 Å². The van der Waals surface area contributed by atoms with Crippen molar-refractivity contribution >= 4 is 0 Å². The normalized spacial score (nSPS) is 27.6. The summed E-state index contributed by atoms with van der Waals surface area (Å²) < 4.78 is 40.8. The summed E-state index contributed by atoms with van der Waals surface area (Å²) in [5, 5.41) is 0. The third-order valence-corrected chi connectivity index (χ3v) is 4.54. The van der Waals surface area contributed by atoms with Gasteiger partial charge in [-0.2, -0.15) is 0 Å². The fraction of sp³-hybridized carbons (Fsp3) is 0.625. The Labute approximate surface area is 118 Å². The monoisotopic (exact) mass is 285 g/mol. The summed E-state index contributed by atoms with van der Waals surface area (Å²) in [5.74, 6) is -3.70. The van der Waals surface area contributed by atoms with Gasteiger partial charge in [-0.25, -0.2) is 13.2 Å². The molecule has 2 N–H and O–H groups in total. The molecule has 1 aromatic carbocycles. The lowest BCUT2D eigenvalue weighted by molar-refractivity contribution is 0.0745. The van der Waals surface area contributed by atoms with Crippen molar-refractivity contribution in [3.63, 3.8) is 0 Å². The summed E-state index contributed by atoms with van der Waals surface area (Å²) in [6, 6.07) is 2.27. The molecule has 1 nitrogen and oxygen atoms in total. The lowest BCUT2D eigenvalue weighted by atomic mass is 9.60. The summed E-state index contributed by atoms with van der Waals surface area (Å²) in [5.41, 5.74) is 5.55. The SMILES string of the molecule is CC(C)(C)C1CCCCC1(N)c1ccc(F)c(F)c1F. The van der Waals surface area contributed by atoms with Gasteiger partial charge in [0.25, 0.3) is 0 Å². The van der Waals surface area contributed by atoms with Crippen LogP contribution in [0.5, 0.6) is 0 Å². The molecule has 1 fully saturated rings. The molecule has 0 amide bonds. The summed E-state index contributed by atoms with van der Waals surface area (Å²) in [6.45, 7) is 6.17. The first-order chi connectivity index (χ1) is 9.18. The molecular formula is C16H22F3N. The first kappa shape index (κ1) is 15.4. The van der Waals surface area contributed by atoms with Crippen molar-refractivity contribution in [3.8, 4) is 0 Å². The topological polar surface area (TPSA) is 26.0 Å². The minimum absolute atomic E-state index is 0.0307. The molecule has 1 aliphatic rings. The second kappa shape index (κ2) is 5.06. The van der Waals surface area contributed by atoms with E-state index in [-0.39, 0.29) is 16.9 Å². The van der Waals surface area contributed by atoms with E-state index in [1.165, 1.54) is 6.07 Å². The fourth-order valence-corrected chi connectivity index (χ4v) is 3.61. The third kappa shape index (κ3) is 2.46. The molecule has 2 rings (SSSR count). The highest BCUT2D eigenvalue weighted by molar-refractivity contribution is 5.30. The minimum atomic E-state index is -1.43. The molecule has 0 aromatic heterocycles. The van der Waals surface area contributed by atoms with Gasteiger partial charge in [0.2, 0.25) is 0 Å². The molecule has 112 valence electrons. The van der Waals surface area contributed by atoms with Crippen LogP contribution in [0.4, 0.5) is 13.2 Å². The fourth-order valence-electron chi connectivity index (χ4n) is 3.61. The Morgan fingerprint density at radius 3 is 2.35 bits per heavy atom. The van der Waals surface area contributed by atoms with Crippen molar-refractivity contribution in [2.75, 3.05) is 0 Å². The smallest absolute Gasteiger partial charge is 0.194 e. The van der Waals surface area contributed by atoms with E-state index >= 15 is 0 Å². The van der Waals surface area contributed by atoms with E-state index < -0.39 is 23.0 Å². The van der Waals surface area contributed by atoms with Crippen LogP contribution in [0.15, 0.2) is 12.1 Å². The zero-order chi connectivity index (χ0) is 15.1. The van der Waals surface area contributed by atoms with Gasteiger partial charge in [-0.15, -0.1) is 0 Å². The lowest BCUT2D eigenvalue weighted by Gasteiger charge is -2.48. The Morgan fingerprint density at radius 2 is 1.75 bits per heavy atom. The summed E-state index contributed by atoms with van der Waals surface area (Å²) in [7, 11) is 0. The Balaban J connectivity index is 2.55. The highest BCUT2D eigenvalue weighted by atomic mass is 19.2. The van der Waals surface area contributed by atoms with Crippen LogP contribution in [-0.4, -0.2) is 0 Å². The molecule has 2 atom stereocenters. The second-order valence-electron chi connectivity index (χ2n) is 6.93. The van der Waals surface area contributed by atoms with Gasteiger partial charge in [-0.1, -0.05) is 39.7 Å². The highest BCUT2D eigenvalue weighted by Gasteiger charge is 2.46. The molecule has 2 unspecified atom stereocenters. The van der Waals surface area contributed by atoms with Crippen LogP contribution < -0.4 is 5.73 Å². The molecule has 4 heteroatoms. The number of benzene rings is 1. The standard InChI is InChI=1S/C16H22F3N/c1-15(2,3)12-6-4-5-9-16(12,20)10-7-8-11(17)14(19)13(10)18/h7-8,12H,4-6,9,20H2,1-3H3. The first-order valence-corrected chi connectivity index (χ1v) is 7.11. The van der Waals surface area contributed by atoms with E-state index in [0.29, 0.717) is 6.42 Å². The molecule has 0 spiro atoms. The van der Waals surface area contributed by atoms with Gasteiger partial charge in [0.05, 0.1) is 0 Å². The van der Waals surface area contributed by atoms with Crippen molar-refractivity contribution in [3.05, 3.63) is 35.1 Å².